The Kier molecular flexibility index (Phi) is 6.86. The number of hydrogen-bond donors (Lipinski definition) is 2. The Morgan fingerprint density at radius 2 is 2.00 bits per heavy atom. The van der Waals surface area contributed by atoms with E-state index in [0.29, 0.717) is 16.5 Å². The molecule has 8 heteroatoms. The molecule has 2 N–H and O–H groups in total. The van der Waals surface area contributed by atoms with Crippen molar-refractivity contribution in [1.29, 1.82) is 0 Å². The number of benzene rings is 1. The molecule has 6 nitrogen and oxygen atoms in total. The summed E-state index contributed by atoms with van der Waals surface area (Å²) >= 11 is 2.87. The molecule has 0 unspecified atom stereocenters. The standard InChI is InChI=1S/C25H30N2O4S2/c1-5-31-24(30)21-15-11-10-14(25(2,3)4)12-18(15)33-23(21)27-20(28)13-19-22(29)26-16-8-6-7-9-17(16)32-19/h6-9,14,19H,5,10-13H2,1-4H3,(H,26,29)(H,27,28)/t14-,19-/m0/s1. The van der Waals surface area contributed by atoms with Crippen LogP contribution in [0.5, 0.6) is 0 Å². The van der Waals surface area contributed by atoms with Crippen LogP contribution in [0.1, 0.15) is 61.3 Å². The van der Waals surface area contributed by atoms with Crippen molar-refractivity contribution >= 4 is 51.6 Å². The lowest BCUT2D eigenvalue weighted by Gasteiger charge is -2.33. The fraction of sp³-hybridized carbons (Fsp3) is 0.480. The second-order valence-electron chi connectivity index (χ2n) is 9.58. The number of ether oxygens (including phenoxy) is 1. The molecule has 1 aliphatic heterocycles. The van der Waals surface area contributed by atoms with Crippen molar-refractivity contribution < 1.29 is 19.1 Å². The zero-order chi connectivity index (χ0) is 23.8. The van der Waals surface area contributed by atoms with E-state index in [4.69, 9.17) is 4.74 Å². The Labute approximate surface area is 202 Å². The van der Waals surface area contributed by atoms with Gasteiger partial charge in [-0.1, -0.05) is 32.9 Å². The molecule has 0 spiro atoms. The summed E-state index contributed by atoms with van der Waals surface area (Å²) in [5.41, 5.74) is 2.45. The van der Waals surface area contributed by atoms with Crippen molar-refractivity contribution in [2.75, 3.05) is 17.2 Å². The molecule has 33 heavy (non-hydrogen) atoms. The molecular formula is C25H30N2O4S2. The highest BCUT2D eigenvalue weighted by Gasteiger charge is 2.35. The van der Waals surface area contributed by atoms with Gasteiger partial charge in [-0.05, 0) is 55.2 Å². The lowest BCUT2D eigenvalue weighted by Crippen LogP contribution is -2.32. The molecule has 2 atom stereocenters. The summed E-state index contributed by atoms with van der Waals surface area (Å²) in [6.45, 7) is 8.80. The number of thiophene rings is 1. The molecule has 2 amide bonds. The average Bonchev–Trinajstić information content (AvgIpc) is 3.10. The van der Waals surface area contributed by atoms with E-state index in [1.807, 2.05) is 24.3 Å². The maximum absolute atomic E-state index is 13.0. The zero-order valence-electron chi connectivity index (χ0n) is 19.4. The van der Waals surface area contributed by atoms with Crippen LogP contribution in [0.15, 0.2) is 29.2 Å². The van der Waals surface area contributed by atoms with Gasteiger partial charge in [-0.3, -0.25) is 9.59 Å². The van der Waals surface area contributed by atoms with Crippen molar-refractivity contribution in [3.05, 3.63) is 40.3 Å². The van der Waals surface area contributed by atoms with Crippen molar-refractivity contribution in [3.8, 4) is 0 Å². The molecule has 1 aromatic carbocycles. The number of carbonyl (C=O) groups is 3. The molecular weight excluding hydrogens is 456 g/mol. The van der Waals surface area contributed by atoms with E-state index in [2.05, 4.69) is 31.4 Å². The molecule has 2 aliphatic rings. The van der Waals surface area contributed by atoms with Crippen LogP contribution in [0.2, 0.25) is 0 Å². The number of carbonyl (C=O) groups excluding carboxylic acids is 3. The predicted molar refractivity (Wildman–Crippen MR) is 133 cm³/mol. The molecule has 1 aromatic heterocycles. The van der Waals surface area contributed by atoms with Gasteiger partial charge in [0.05, 0.1) is 23.1 Å². The molecule has 0 fully saturated rings. The van der Waals surface area contributed by atoms with E-state index < -0.39 is 11.2 Å². The number of rotatable bonds is 5. The van der Waals surface area contributed by atoms with Crippen LogP contribution in [0, 0.1) is 11.3 Å². The number of amides is 2. The van der Waals surface area contributed by atoms with Gasteiger partial charge in [-0.15, -0.1) is 23.1 Å². The predicted octanol–water partition coefficient (Wildman–Crippen LogP) is 5.52. The Bertz CT molecular complexity index is 1090. The summed E-state index contributed by atoms with van der Waals surface area (Å²) in [6, 6.07) is 7.56. The topological polar surface area (TPSA) is 84.5 Å². The van der Waals surface area contributed by atoms with Crippen molar-refractivity contribution in [1.82, 2.24) is 0 Å². The molecule has 2 heterocycles. The van der Waals surface area contributed by atoms with Gasteiger partial charge in [-0.25, -0.2) is 4.79 Å². The fourth-order valence-electron chi connectivity index (χ4n) is 4.41. The Hall–Kier alpha value is -2.32. The summed E-state index contributed by atoms with van der Waals surface area (Å²) in [4.78, 5) is 40.4. The van der Waals surface area contributed by atoms with Gasteiger partial charge < -0.3 is 15.4 Å². The summed E-state index contributed by atoms with van der Waals surface area (Å²) in [6.07, 6.45) is 2.73. The third kappa shape index (κ3) is 5.11. The first kappa shape index (κ1) is 23.8. The van der Waals surface area contributed by atoms with Gasteiger partial charge in [0.2, 0.25) is 11.8 Å². The van der Waals surface area contributed by atoms with Crippen LogP contribution in [0.4, 0.5) is 10.7 Å². The van der Waals surface area contributed by atoms with E-state index in [0.717, 1.165) is 40.3 Å². The van der Waals surface area contributed by atoms with Crippen LogP contribution in [-0.4, -0.2) is 29.6 Å². The van der Waals surface area contributed by atoms with E-state index in [-0.39, 0.29) is 30.3 Å². The molecule has 2 aromatic rings. The maximum Gasteiger partial charge on any atom is 0.341 e. The zero-order valence-corrected chi connectivity index (χ0v) is 21.1. The normalized spacial score (nSPS) is 19.8. The average molecular weight is 487 g/mol. The summed E-state index contributed by atoms with van der Waals surface area (Å²) in [5.74, 6) is -0.334. The van der Waals surface area contributed by atoms with Crippen molar-refractivity contribution in [2.45, 2.75) is 63.5 Å². The van der Waals surface area contributed by atoms with Crippen LogP contribution < -0.4 is 10.6 Å². The highest BCUT2D eigenvalue weighted by Crippen LogP contribution is 2.45. The SMILES string of the molecule is CCOC(=O)c1c(NC(=O)C[C@@H]2Sc3ccccc3NC2=O)sc2c1CC[C@H](C(C)(C)C)C2. The molecule has 0 saturated heterocycles. The van der Waals surface area contributed by atoms with E-state index in [9.17, 15) is 14.4 Å². The number of nitrogens with one attached hydrogen (secondary N) is 2. The van der Waals surface area contributed by atoms with Crippen LogP contribution >= 0.6 is 23.1 Å². The highest BCUT2D eigenvalue weighted by molar-refractivity contribution is 8.01. The summed E-state index contributed by atoms with van der Waals surface area (Å²) in [7, 11) is 0. The van der Waals surface area contributed by atoms with Crippen molar-refractivity contribution in [2.24, 2.45) is 11.3 Å². The smallest absolute Gasteiger partial charge is 0.341 e. The Balaban J connectivity index is 1.53. The molecule has 1 aliphatic carbocycles. The monoisotopic (exact) mass is 486 g/mol. The largest absolute Gasteiger partial charge is 0.462 e. The molecule has 0 radical (unpaired) electrons. The lowest BCUT2D eigenvalue weighted by atomic mass is 9.72. The number of fused-ring (bicyclic) bond motifs is 2. The number of thioether (sulfide) groups is 1. The number of hydrogen-bond acceptors (Lipinski definition) is 6. The minimum atomic E-state index is -0.522. The van der Waals surface area contributed by atoms with Gasteiger partial charge in [0, 0.05) is 16.2 Å². The van der Waals surface area contributed by atoms with Gasteiger partial charge >= 0.3 is 5.97 Å². The van der Waals surface area contributed by atoms with E-state index >= 15 is 0 Å². The highest BCUT2D eigenvalue weighted by atomic mass is 32.2. The summed E-state index contributed by atoms with van der Waals surface area (Å²) < 4.78 is 5.32. The third-order valence-electron chi connectivity index (χ3n) is 6.30. The van der Waals surface area contributed by atoms with Crippen LogP contribution in [0.25, 0.3) is 0 Å². The van der Waals surface area contributed by atoms with Gasteiger partial charge in [-0.2, -0.15) is 0 Å². The molecule has 0 saturated carbocycles. The van der Waals surface area contributed by atoms with Gasteiger partial charge in [0.1, 0.15) is 5.00 Å². The quantitative estimate of drug-likeness (QED) is 0.544. The second-order valence-corrected chi connectivity index (χ2v) is 11.9. The summed E-state index contributed by atoms with van der Waals surface area (Å²) in [5, 5.41) is 5.83. The van der Waals surface area contributed by atoms with Crippen molar-refractivity contribution in [3.63, 3.8) is 0 Å². The van der Waals surface area contributed by atoms with Gasteiger partial charge in [0.25, 0.3) is 0 Å². The second kappa shape index (κ2) is 9.50. The minimum absolute atomic E-state index is 0.0281. The van der Waals surface area contributed by atoms with E-state index in [1.54, 1.807) is 6.92 Å². The molecule has 176 valence electrons. The van der Waals surface area contributed by atoms with E-state index in [1.165, 1.54) is 23.1 Å². The first-order chi connectivity index (χ1) is 15.7. The Morgan fingerprint density at radius 1 is 1.24 bits per heavy atom. The number of anilines is 2. The number of esters is 1. The minimum Gasteiger partial charge on any atom is -0.462 e. The third-order valence-corrected chi connectivity index (χ3v) is 8.74. The maximum atomic E-state index is 13.0. The molecule has 0 bridgehead atoms. The lowest BCUT2D eigenvalue weighted by molar-refractivity contribution is -0.120. The first-order valence-corrected chi connectivity index (χ1v) is 13.0. The van der Waals surface area contributed by atoms with Gasteiger partial charge in [0.15, 0.2) is 0 Å². The van der Waals surface area contributed by atoms with Crippen LogP contribution in [0.3, 0.4) is 0 Å². The fourth-order valence-corrected chi connectivity index (χ4v) is 6.85. The Morgan fingerprint density at radius 3 is 2.73 bits per heavy atom. The van der Waals surface area contributed by atoms with Crippen LogP contribution in [-0.2, 0) is 27.2 Å². The molecule has 4 rings (SSSR count). The number of para-hydroxylation sites is 1. The first-order valence-electron chi connectivity index (χ1n) is 11.4.